The molecule has 2 unspecified atom stereocenters. The van der Waals surface area contributed by atoms with E-state index in [1.54, 1.807) is 0 Å². The van der Waals surface area contributed by atoms with E-state index in [1.165, 1.54) is 24.8 Å². The second kappa shape index (κ2) is 4.45. The first kappa shape index (κ1) is 12.6. The third kappa shape index (κ3) is 2.71. The average molecular weight is 235 g/mol. The Balaban J connectivity index is 2.07. The number of rotatable bonds is 2. The molecule has 1 heterocycles. The molecule has 0 spiro atoms. The molecule has 2 atom stereocenters. The van der Waals surface area contributed by atoms with Crippen LogP contribution in [0.1, 0.15) is 51.6 Å². The molecule has 0 bridgehead atoms. The summed E-state index contributed by atoms with van der Waals surface area (Å²) in [5.74, 6) is 0. The van der Waals surface area contributed by atoms with Crippen LogP contribution in [0, 0.1) is 0 Å². The van der Waals surface area contributed by atoms with Gasteiger partial charge in [0.2, 0.25) is 0 Å². The smallest absolute Gasteiger partial charge is 0.0534 e. The molecular formula is C14H25N3. The summed E-state index contributed by atoms with van der Waals surface area (Å²) in [7, 11) is 4.35. The van der Waals surface area contributed by atoms with Gasteiger partial charge in [-0.15, -0.1) is 0 Å². The molecule has 1 aliphatic rings. The molecular weight excluding hydrogens is 210 g/mol. The number of hydrogen-bond acceptors (Lipinski definition) is 2. The fraction of sp³-hybridized carbons (Fsp3) is 0.786. The van der Waals surface area contributed by atoms with E-state index in [-0.39, 0.29) is 5.41 Å². The van der Waals surface area contributed by atoms with Crippen LogP contribution in [0.15, 0.2) is 12.4 Å². The SMILES string of the molecule is CN(C)C1CCC(n2cc(C(C)(C)C)cn2)C1. The molecule has 1 fully saturated rings. The fourth-order valence-corrected chi connectivity index (χ4v) is 2.57. The molecule has 1 aromatic rings. The molecule has 0 saturated heterocycles. The molecule has 0 aromatic carbocycles. The lowest BCUT2D eigenvalue weighted by Crippen LogP contribution is -2.25. The van der Waals surface area contributed by atoms with Crippen LogP contribution in [0.3, 0.4) is 0 Å². The van der Waals surface area contributed by atoms with Gasteiger partial charge in [0, 0.05) is 12.2 Å². The second-order valence-corrected chi connectivity index (χ2v) is 6.54. The molecule has 3 heteroatoms. The summed E-state index contributed by atoms with van der Waals surface area (Å²) in [4.78, 5) is 2.34. The molecule has 2 rings (SSSR count). The maximum Gasteiger partial charge on any atom is 0.0534 e. The van der Waals surface area contributed by atoms with Gasteiger partial charge < -0.3 is 4.90 Å². The van der Waals surface area contributed by atoms with Crippen molar-refractivity contribution in [1.82, 2.24) is 14.7 Å². The van der Waals surface area contributed by atoms with Crippen LogP contribution < -0.4 is 0 Å². The van der Waals surface area contributed by atoms with Crippen LogP contribution in [0.4, 0.5) is 0 Å². The Morgan fingerprint density at radius 1 is 1.29 bits per heavy atom. The molecule has 17 heavy (non-hydrogen) atoms. The lowest BCUT2D eigenvalue weighted by molar-refractivity contribution is 0.288. The minimum atomic E-state index is 0.206. The van der Waals surface area contributed by atoms with E-state index in [0.29, 0.717) is 6.04 Å². The van der Waals surface area contributed by atoms with Crippen molar-refractivity contribution in [3.05, 3.63) is 18.0 Å². The summed E-state index contributed by atoms with van der Waals surface area (Å²) >= 11 is 0. The van der Waals surface area contributed by atoms with Gasteiger partial charge in [0.15, 0.2) is 0 Å². The van der Waals surface area contributed by atoms with Crippen molar-refractivity contribution in [2.75, 3.05) is 14.1 Å². The molecule has 0 radical (unpaired) electrons. The van der Waals surface area contributed by atoms with Crippen molar-refractivity contribution in [1.29, 1.82) is 0 Å². The summed E-state index contributed by atoms with van der Waals surface area (Å²) in [6.45, 7) is 6.73. The summed E-state index contributed by atoms with van der Waals surface area (Å²) < 4.78 is 2.18. The largest absolute Gasteiger partial charge is 0.306 e. The first-order chi connectivity index (χ1) is 7.88. The maximum atomic E-state index is 4.56. The van der Waals surface area contributed by atoms with Crippen LogP contribution in [-0.4, -0.2) is 34.8 Å². The predicted octanol–water partition coefficient (Wildman–Crippen LogP) is 2.84. The molecule has 0 aliphatic heterocycles. The van der Waals surface area contributed by atoms with Crippen LogP contribution >= 0.6 is 0 Å². The van der Waals surface area contributed by atoms with E-state index in [0.717, 1.165) is 6.04 Å². The van der Waals surface area contributed by atoms with E-state index < -0.39 is 0 Å². The lowest BCUT2D eigenvalue weighted by atomic mass is 9.90. The van der Waals surface area contributed by atoms with Crippen molar-refractivity contribution in [2.24, 2.45) is 0 Å². The van der Waals surface area contributed by atoms with Gasteiger partial charge >= 0.3 is 0 Å². The van der Waals surface area contributed by atoms with Crippen molar-refractivity contribution >= 4 is 0 Å². The average Bonchev–Trinajstić information content (AvgIpc) is 2.85. The highest BCUT2D eigenvalue weighted by atomic mass is 15.3. The molecule has 1 aromatic heterocycles. The van der Waals surface area contributed by atoms with Gasteiger partial charge in [-0.25, -0.2) is 0 Å². The highest BCUT2D eigenvalue weighted by Crippen LogP contribution is 2.32. The quantitative estimate of drug-likeness (QED) is 0.786. The Kier molecular flexibility index (Phi) is 3.30. The Bertz CT molecular complexity index is 373. The van der Waals surface area contributed by atoms with E-state index in [2.05, 4.69) is 55.7 Å². The summed E-state index contributed by atoms with van der Waals surface area (Å²) in [5, 5.41) is 4.56. The topological polar surface area (TPSA) is 21.1 Å². The lowest BCUT2D eigenvalue weighted by Gasteiger charge is -2.19. The molecule has 0 amide bonds. The fourth-order valence-electron chi connectivity index (χ4n) is 2.57. The van der Waals surface area contributed by atoms with Gasteiger partial charge in [-0.05, 0) is 44.3 Å². The van der Waals surface area contributed by atoms with Gasteiger partial charge in [0.25, 0.3) is 0 Å². The van der Waals surface area contributed by atoms with Crippen molar-refractivity contribution in [2.45, 2.75) is 57.5 Å². The maximum absolute atomic E-state index is 4.56. The van der Waals surface area contributed by atoms with Gasteiger partial charge in [-0.1, -0.05) is 20.8 Å². The summed E-state index contributed by atoms with van der Waals surface area (Å²) in [6.07, 6.45) is 8.06. The molecule has 1 saturated carbocycles. The predicted molar refractivity (Wildman–Crippen MR) is 71.3 cm³/mol. The van der Waals surface area contributed by atoms with Crippen LogP contribution in [0.25, 0.3) is 0 Å². The highest BCUT2D eigenvalue weighted by molar-refractivity contribution is 5.15. The van der Waals surface area contributed by atoms with Crippen molar-refractivity contribution in [3.8, 4) is 0 Å². The van der Waals surface area contributed by atoms with Gasteiger partial charge in [-0.3, -0.25) is 4.68 Å². The normalized spacial score (nSPS) is 25.8. The number of nitrogens with zero attached hydrogens (tertiary/aromatic N) is 3. The third-order valence-electron chi connectivity index (χ3n) is 3.95. The van der Waals surface area contributed by atoms with Crippen LogP contribution in [-0.2, 0) is 5.41 Å². The molecule has 0 N–H and O–H groups in total. The van der Waals surface area contributed by atoms with E-state index in [9.17, 15) is 0 Å². The van der Waals surface area contributed by atoms with Crippen LogP contribution in [0.5, 0.6) is 0 Å². The first-order valence-electron chi connectivity index (χ1n) is 6.59. The zero-order valence-electron chi connectivity index (χ0n) is 11.8. The van der Waals surface area contributed by atoms with E-state index >= 15 is 0 Å². The zero-order valence-corrected chi connectivity index (χ0v) is 11.8. The molecule has 1 aliphatic carbocycles. The second-order valence-electron chi connectivity index (χ2n) is 6.54. The minimum Gasteiger partial charge on any atom is -0.306 e. The van der Waals surface area contributed by atoms with Crippen molar-refractivity contribution in [3.63, 3.8) is 0 Å². The summed E-state index contributed by atoms with van der Waals surface area (Å²) in [6, 6.07) is 1.32. The zero-order chi connectivity index (χ0) is 12.6. The molecule has 3 nitrogen and oxygen atoms in total. The molecule has 96 valence electrons. The minimum absolute atomic E-state index is 0.206. The van der Waals surface area contributed by atoms with E-state index in [1.807, 2.05) is 6.20 Å². The number of hydrogen-bond donors (Lipinski definition) is 0. The highest BCUT2D eigenvalue weighted by Gasteiger charge is 2.28. The third-order valence-corrected chi connectivity index (χ3v) is 3.95. The standard InChI is InChI=1S/C14H25N3/c1-14(2,3)11-9-15-17(10-11)13-7-6-12(8-13)16(4)5/h9-10,12-13H,6-8H2,1-5H3. The van der Waals surface area contributed by atoms with Crippen LogP contribution in [0.2, 0.25) is 0 Å². The first-order valence-corrected chi connectivity index (χ1v) is 6.59. The van der Waals surface area contributed by atoms with Gasteiger partial charge in [-0.2, -0.15) is 5.10 Å². The van der Waals surface area contributed by atoms with Crippen molar-refractivity contribution < 1.29 is 0 Å². The van der Waals surface area contributed by atoms with Gasteiger partial charge in [0.05, 0.1) is 12.2 Å². The Morgan fingerprint density at radius 2 is 2.00 bits per heavy atom. The Hall–Kier alpha value is -0.830. The van der Waals surface area contributed by atoms with Gasteiger partial charge in [0.1, 0.15) is 0 Å². The number of aromatic nitrogens is 2. The Labute approximate surface area is 105 Å². The monoisotopic (exact) mass is 235 g/mol. The Morgan fingerprint density at radius 3 is 2.47 bits per heavy atom. The summed E-state index contributed by atoms with van der Waals surface area (Å²) in [5.41, 5.74) is 1.54. The van der Waals surface area contributed by atoms with E-state index in [4.69, 9.17) is 0 Å².